The van der Waals surface area contributed by atoms with Crippen LogP contribution in [0.5, 0.6) is 0 Å². The van der Waals surface area contributed by atoms with Crippen LogP contribution >= 0.6 is 0 Å². The van der Waals surface area contributed by atoms with Crippen LogP contribution < -0.4 is 0 Å². The fraction of sp³-hybridized carbons (Fsp3) is 0.778. The largest absolute Gasteiger partial charge is 0.499 e. The Hall–Kier alpha value is -0.460. The lowest BCUT2D eigenvalue weighted by Crippen LogP contribution is -2.03. The lowest BCUT2D eigenvalue weighted by atomic mass is 9.95. The molecular weight excluding hydrogens is 124 g/mol. The van der Waals surface area contributed by atoms with E-state index in [9.17, 15) is 0 Å². The van der Waals surface area contributed by atoms with Gasteiger partial charge in [0.25, 0.3) is 0 Å². The highest BCUT2D eigenvalue weighted by molar-refractivity contribution is 4.98. The molecule has 10 heavy (non-hydrogen) atoms. The zero-order valence-corrected chi connectivity index (χ0v) is 6.89. The van der Waals surface area contributed by atoms with Crippen molar-refractivity contribution in [3.05, 3.63) is 11.8 Å². The van der Waals surface area contributed by atoms with Gasteiger partial charge in [-0.3, -0.25) is 0 Å². The number of ether oxygens (including phenoxy) is 1. The van der Waals surface area contributed by atoms with Gasteiger partial charge >= 0.3 is 0 Å². The first kappa shape index (κ1) is 7.64. The van der Waals surface area contributed by atoms with E-state index in [2.05, 4.69) is 13.0 Å². The lowest BCUT2D eigenvalue weighted by Gasteiger charge is -2.17. The van der Waals surface area contributed by atoms with E-state index in [1.165, 1.54) is 18.6 Å². The van der Waals surface area contributed by atoms with Gasteiger partial charge in [-0.05, 0) is 31.8 Å². The first-order chi connectivity index (χ1) is 4.83. The molecule has 0 radical (unpaired) electrons. The molecule has 0 saturated carbocycles. The summed E-state index contributed by atoms with van der Waals surface area (Å²) in [6, 6.07) is 0. The summed E-state index contributed by atoms with van der Waals surface area (Å²) in [7, 11) is 0. The number of allylic oxidation sites excluding steroid dienone is 2. The van der Waals surface area contributed by atoms with Crippen molar-refractivity contribution in [2.45, 2.75) is 33.1 Å². The van der Waals surface area contributed by atoms with Gasteiger partial charge in [-0.2, -0.15) is 0 Å². The third-order valence-corrected chi connectivity index (χ3v) is 1.96. The molecule has 1 atom stereocenters. The summed E-state index contributed by atoms with van der Waals surface area (Å²) in [5.74, 6) is 2.07. The molecule has 1 aliphatic carbocycles. The van der Waals surface area contributed by atoms with E-state index in [4.69, 9.17) is 4.74 Å². The van der Waals surface area contributed by atoms with Crippen LogP contribution in [0.1, 0.15) is 33.1 Å². The van der Waals surface area contributed by atoms with Gasteiger partial charge in [0.1, 0.15) is 0 Å². The summed E-state index contributed by atoms with van der Waals surface area (Å²) < 4.78 is 5.39. The molecule has 1 heteroatoms. The summed E-state index contributed by atoms with van der Waals surface area (Å²) in [6.07, 6.45) is 5.88. The molecule has 58 valence electrons. The molecule has 1 nitrogen and oxygen atoms in total. The molecule has 0 heterocycles. The van der Waals surface area contributed by atoms with Crippen molar-refractivity contribution >= 4 is 0 Å². The second-order valence-corrected chi connectivity index (χ2v) is 2.98. The fourth-order valence-electron chi connectivity index (χ4n) is 1.26. The predicted octanol–water partition coefficient (Wildman–Crippen LogP) is 2.73. The van der Waals surface area contributed by atoms with Crippen molar-refractivity contribution in [1.82, 2.24) is 0 Å². The second-order valence-electron chi connectivity index (χ2n) is 2.98. The standard InChI is InChI=1S/C9H16O/c1-3-10-9-6-4-8(2)5-7-9/h6,8H,3-5,7H2,1-2H3. The highest BCUT2D eigenvalue weighted by Gasteiger charge is 2.09. The summed E-state index contributed by atoms with van der Waals surface area (Å²) in [6.45, 7) is 5.15. The Bertz CT molecular complexity index is 127. The average molecular weight is 140 g/mol. The summed E-state index contributed by atoms with van der Waals surface area (Å²) in [5.41, 5.74) is 0. The van der Waals surface area contributed by atoms with Gasteiger partial charge in [-0.15, -0.1) is 0 Å². The molecule has 1 unspecified atom stereocenters. The zero-order valence-electron chi connectivity index (χ0n) is 6.89. The van der Waals surface area contributed by atoms with E-state index < -0.39 is 0 Å². The first-order valence-corrected chi connectivity index (χ1v) is 4.14. The minimum absolute atomic E-state index is 0.820. The molecule has 0 fully saturated rings. The molecule has 0 N–H and O–H groups in total. The molecule has 0 aromatic heterocycles. The third-order valence-electron chi connectivity index (χ3n) is 1.96. The van der Waals surface area contributed by atoms with Crippen LogP contribution in [0, 0.1) is 5.92 Å². The highest BCUT2D eigenvalue weighted by Crippen LogP contribution is 2.22. The zero-order chi connectivity index (χ0) is 7.40. The predicted molar refractivity (Wildman–Crippen MR) is 42.7 cm³/mol. The molecule has 0 aliphatic heterocycles. The summed E-state index contributed by atoms with van der Waals surface area (Å²) in [5, 5.41) is 0. The smallest absolute Gasteiger partial charge is 0.0920 e. The van der Waals surface area contributed by atoms with E-state index in [1.807, 2.05) is 6.92 Å². The Morgan fingerprint density at radius 1 is 1.70 bits per heavy atom. The van der Waals surface area contributed by atoms with Crippen LogP contribution in [0.2, 0.25) is 0 Å². The molecule has 0 amide bonds. The van der Waals surface area contributed by atoms with Crippen LogP contribution in [0.25, 0.3) is 0 Å². The van der Waals surface area contributed by atoms with Gasteiger partial charge in [0.05, 0.1) is 12.4 Å². The number of rotatable bonds is 2. The molecule has 1 aliphatic rings. The van der Waals surface area contributed by atoms with Crippen molar-refractivity contribution in [3.8, 4) is 0 Å². The monoisotopic (exact) mass is 140 g/mol. The maximum atomic E-state index is 5.39. The lowest BCUT2D eigenvalue weighted by molar-refractivity contribution is 0.204. The van der Waals surface area contributed by atoms with Gasteiger partial charge in [0.15, 0.2) is 0 Å². The maximum absolute atomic E-state index is 5.39. The Morgan fingerprint density at radius 2 is 2.50 bits per heavy atom. The van der Waals surface area contributed by atoms with Crippen LogP contribution in [0.15, 0.2) is 11.8 Å². The van der Waals surface area contributed by atoms with Crippen molar-refractivity contribution in [2.75, 3.05) is 6.61 Å². The van der Waals surface area contributed by atoms with E-state index in [1.54, 1.807) is 0 Å². The molecular formula is C9H16O. The first-order valence-electron chi connectivity index (χ1n) is 4.14. The quantitative estimate of drug-likeness (QED) is 0.573. The van der Waals surface area contributed by atoms with Gasteiger partial charge in [-0.1, -0.05) is 6.92 Å². The van der Waals surface area contributed by atoms with E-state index in [0.29, 0.717) is 0 Å². The Balaban J connectivity index is 2.33. The molecule has 0 spiro atoms. The SMILES string of the molecule is CCOC1=CCC(C)CC1. The van der Waals surface area contributed by atoms with Crippen LogP contribution in [0.4, 0.5) is 0 Å². The van der Waals surface area contributed by atoms with Crippen LogP contribution in [0.3, 0.4) is 0 Å². The normalized spacial score (nSPS) is 25.8. The number of hydrogen-bond donors (Lipinski definition) is 0. The Morgan fingerprint density at radius 3 is 3.00 bits per heavy atom. The maximum Gasteiger partial charge on any atom is 0.0920 e. The van der Waals surface area contributed by atoms with Crippen LogP contribution in [-0.4, -0.2) is 6.61 Å². The van der Waals surface area contributed by atoms with Crippen LogP contribution in [-0.2, 0) is 4.74 Å². The van der Waals surface area contributed by atoms with Crippen molar-refractivity contribution in [3.63, 3.8) is 0 Å². The minimum atomic E-state index is 0.820. The molecule has 0 aromatic carbocycles. The third kappa shape index (κ3) is 2.05. The Kier molecular flexibility index (Phi) is 2.79. The topological polar surface area (TPSA) is 9.23 Å². The van der Waals surface area contributed by atoms with Gasteiger partial charge in [0, 0.05) is 6.42 Å². The molecule has 0 bridgehead atoms. The molecule has 0 saturated heterocycles. The number of hydrogen-bond acceptors (Lipinski definition) is 1. The van der Waals surface area contributed by atoms with Gasteiger partial charge in [0.2, 0.25) is 0 Å². The minimum Gasteiger partial charge on any atom is -0.499 e. The fourth-order valence-corrected chi connectivity index (χ4v) is 1.26. The molecule has 1 rings (SSSR count). The average Bonchev–Trinajstić information content (AvgIpc) is 1.95. The van der Waals surface area contributed by atoms with Crippen molar-refractivity contribution in [1.29, 1.82) is 0 Å². The van der Waals surface area contributed by atoms with Crippen molar-refractivity contribution in [2.24, 2.45) is 5.92 Å². The molecule has 0 aromatic rings. The Labute approximate surface area is 63.1 Å². The summed E-state index contributed by atoms with van der Waals surface area (Å²) >= 11 is 0. The van der Waals surface area contributed by atoms with Gasteiger partial charge < -0.3 is 4.74 Å². The van der Waals surface area contributed by atoms with Crippen molar-refractivity contribution < 1.29 is 4.74 Å². The van der Waals surface area contributed by atoms with E-state index in [0.717, 1.165) is 18.9 Å². The second kappa shape index (κ2) is 3.65. The van der Waals surface area contributed by atoms with Gasteiger partial charge in [-0.25, -0.2) is 0 Å². The summed E-state index contributed by atoms with van der Waals surface area (Å²) in [4.78, 5) is 0. The van der Waals surface area contributed by atoms with E-state index >= 15 is 0 Å². The highest BCUT2D eigenvalue weighted by atomic mass is 16.5. The van der Waals surface area contributed by atoms with E-state index in [-0.39, 0.29) is 0 Å².